The van der Waals surface area contributed by atoms with Crippen LogP contribution in [0.2, 0.25) is 0 Å². The highest BCUT2D eigenvalue weighted by Gasteiger charge is 2.32. The molecule has 0 saturated carbocycles. The lowest BCUT2D eigenvalue weighted by molar-refractivity contribution is -0.137. The number of carbonyl (C=O) groups is 2. The highest BCUT2D eigenvalue weighted by Crippen LogP contribution is 2.46. The number of carboxylic acids is 1. The average Bonchev–Trinajstić information content (AvgIpc) is 2.94. The summed E-state index contributed by atoms with van der Waals surface area (Å²) in [5.74, 6) is -1.94. The smallest absolute Gasteiger partial charge is 0.303 e. The molecule has 13 nitrogen and oxygen atoms in total. The molecule has 234 valence electrons. The zero-order valence-electron chi connectivity index (χ0n) is 24.1. The standard InChI is InChI=1S/C29H31N3O10S2/c1-4-30-21-14-12-19-24(17-9-6-7-10-18(17)29(35)32(3)16-8-11-23(33)34)20-13-15-22(31-5-2)28(44(39,40)41)26(20)42-25(19)27(21)43(36,37)38/h6-7,9-10,12-15,30H,4-5,8,11,16H2,1-3H3,(H,33,34)(H,36,37,38)(H,39,40,41). The Hall–Kier alpha value is -4.31. The van der Waals surface area contributed by atoms with Crippen molar-refractivity contribution >= 4 is 48.8 Å². The first-order chi connectivity index (χ1) is 20.7. The number of benzene rings is 3. The maximum absolute atomic E-state index is 13.7. The lowest BCUT2D eigenvalue weighted by Gasteiger charge is -2.23. The summed E-state index contributed by atoms with van der Waals surface area (Å²) in [5.41, 5.74) is 0.230. The summed E-state index contributed by atoms with van der Waals surface area (Å²) in [6.45, 7) is 3.87. The van der Waals surface area contributed by atoms with Crippen molar-refractivity contribution in [3.8, 4) is 22.5 Å². The minimum atomic E-state index is -5.01. The average molecular weight is 646 g/mol. The second-order valence-electron chi connectivity index (χ2n) is 9.81. The topological polar surface area (TPSA) is 204 Å². The van der Waals surface area contributed by atoms with E-state index < -0.39 is 53.2 Å². The molecule has 2 aromatic carbocycles. The van der Waals surface area contributed by atoms with Gasteiger partial charge in [0.15, 0.2) is 21.1 Å². The molecule has 1 amide bonds. The molecule has 4 N–H and O–H groups in total. The Balaban J connectivity index is 2.20. The van der Waals surface area contributed by atoms with E-state index in [-0.39, 0.29) is 71.2 Å². The maximum atomic E-state index is 13.7. The van der Waals surface area contributed by atoms with Crippen molar-refractivity contribution in [1.82, 2.24) is 4.90 Å². The van der Waals surface area contributed by atoms with Crippen LogP contribution < -0.4 is 10.7 Å². The molecule has 1 heterocycles. The molecule has 2 aromatic rings. The van der Waals surface area contributed by atoms with E-state index in [1.54, 1.807) is 32.0 Å². The van der Waals surface area contributed by atoms with E-state index in [1.807, 2.05) is 0 Å². The van der Waals surface area contributed by atoms with E-state index in [0.717, 1.165) is 0 Å². The molecular formula is C29H31N3O10S2. The van der Waals surface area contributed by atoms with Gasteiger partial charge in [-0.1, -0.05) is 18.2 Å². The number of carbonyl (C=O) groups excluding carboxylic acids is 1. The van der Waals surface area contributed by atoms with Gasteiger partial charge in [-0.25, -0.2) is 0 Å². The number of fused-ring (bicyclic) bond motifs is 2. The molecule has 0 unspecified atom stereocenters. The lowest BCUT2D eigenvalue weighted by Crippen LogP contribution is -2.28. The van der Waals surface area contributed by atoms with Crippen LogP contribution in [-0.4, -0.2) is 74.5 Å². The Morgan fingerprint density at radius 3 is 2.23 bits per heavy atom. The van der Waals surface area contributed by atoms with Crippen molar-refractivity contribution in [2.24, 2.45) is 4.99 Å². The van der Waals surface area contributed by atoms with Gasteiger partial charge in [-0.15, -0.1) is 0 Å². The molecule has 2 aliphatic rings. The minimum Gasteiger partial charge on any atom is -0.481 e. The first-order valence-corrected chi connectivity index (χ1v) is 16.4. The molecule has 0 fully saturated rings. The predicted molar refractivity (Wildman–Crippen MR) is 162 cm³/mol. The Morgan fingerprint density at radius 1 is 0.932 bits per heavy atom. The molecule has 0 saturated heterocycles. The predicted octanol–water partition coefficient (Wildman–Crippen LogP) is 3.99. The van der Waals surface area contributed by atoms with Crippen LogP contribution in [0.15, 0.2) is 67.7 Å². The highest BCUT2D eigenvalue weighted by atomic mass is 32.2. The number of hydrogen-bond acceptors (Lipinski definition) is 9. The molecule has 1 aliphatic heterocycles. The van der Waals surface area contributed by atoms with Gasteiger partial charge < -0.3 is 19.7 Å². The summed E-state index contributed by atoms with van der Waals surface area (Å²) in [7, 11) is -8.50. The summed E-state index contributed by atoms with van der Waals surface area (Å²) in [4.78, 5) is 28.8. The molecule has 44 heavy (non-hydrogen) atoms. The highest BCUT2D eigenvalue weighted by molar-refractivity contribution is 7.86. The lowest BCUT2D eigenvalue weighted by atomic mass is 9.90. The van der Waals surface area contributed by atoms with Crippen LogP contribution in [0.4, 0.5) is 5.69 Å². The third-order valence-electron chi connectivity index (χ3n) is 6.82. The fraction of sp³-hybridized carbons (Fsp3) is 0.276. The van der Waals surface area contributed by atoms with Gasteiger partial charge in [0.2, 0.25) is 0 Å². The fourth-order valence-electron chi connectivity index (χ4n) is 5.04. The monoisotopic (exact) mass is 645 g/mol. The quantitative estimate of drug-likeness (QED) is 0.136. The summed E-state index contributed by atoms with van der Waals surface area (Å²) in [5, 5.41) is 11.8. The van der Waals surface area contributed by atoms with Crippen LogP contribution in [0.3, 0.4) is 0 Å². The molecule has 0 aromatic heterocycles. The van der Waals surface area contributed by atoms with Crippen molar-refractivity contribution in [2.45, 2.75) is 36.5 Å². The van der Waals surface area contributed by atoms with Crippen LogP contribution in [-0.2, 0) is 25.0 Å². The summed E-state index contributed by atoms with van der Waals surface area (Å²) < 4.78 is 77.6. The Kier molecular flexibility index (Phi) is 9.44. The van der Waals surface area contributed by atoms with Crippen molar-refractivity contribution in [3.05, 3.63) is 59.5 Å². The van der Waals surface area contributed by atoms with Crippen molar-refractivity contribution in [1.29, 1.82) is 0 Å². The number of amides is 1. The number of carboxylic acid groups (broad SMARTS) is 1. The van der Waals surface area contributed by atoms with Gasteiger partial charge in [-0.05, 0) is 56.2 Å². The van der Waals surface area contributed by atoms with E-state index in [1.165, 1.54) is 42.3 Å². The number of aliphatic carboxylic acids is 1. The molecule has 4 rings (SSSR count). The summed E-state index contributed by atoms with van der Waals surface area (Å²) in [6.07, 6.45) is 0.0486. The minimum absolute atomic E-state index is 0.0260. The Bertz CT molecular complexity index is 2020. The number of rotatable bonds is 11. The van der Waals surface area contributed by atoms with E-state index in [2.05, 4.69) is 10.3 Å². The van der Waals surface area contributed by atoms with Crippen LogP contribution in [0.25, 0.3) is 33.4 Å². The second-order valence-corrected chi connectivity index (χ2v) is 12.5. The van der Waals surface area contributed by atoms with Gasteiger partial charge in [0, 0.05) is 55.2 Å². The molecule has 15 heteroatoms. The first-order valence-electron chi connectivity index (χ1n) is 13.5. The Labute approximate surface area is 253 Å². The van der Waals surface area contributed by atoms with Gasteiger partial charge in [-0.3, -0.25) is 23.7 Å². The van der Waals surface area contributed by atoms with Crippen LogP contribution >= 0.6 is 0 Å². The van der Waals surface area contributed by atoms with Crippen LogP contribution in [0.1, 0.15) is 37.0 Å². The molecule has 0 spiro atoms. The third-order valence-corrected chi connectivity index (χ3v) is 8.65. The van der Waals surface area contributed by atoms with E-state index in [9.17, 15) is 35.5 Å². The van der Waals surface area contributed by atoms with Crippen molar-refractivity contribution in [3.63, 3.8) is 0 Å². The second kappa shape index (κ2) is 12.7. The number of nitrogens with one attached hydrogen (secondary N) is 1. The van der Waals surface area contributed by atoms with Crippen LogP contribution in [0.5, 0.6) is 0 Å². The summed E-state index contributed by atoms with van der Waals surface area (Å²) >= 11 is 0. The van der Waals surface area contributed by atoms with Gasteiger partial charge >= 0.3 is 5.97 Å². The van der Waals surface area contributed by atoms with Crippen molar-refractivity contribution < 1.29 is 45.1 Å². The largest absolute Gasteiger partial charge is 0.481 e. The molecule has 0 bridgehead atoms. The van der Waals surface area contributed by atoms with E-state index in [0.29, 0.717) is 0 Å². The number of hydrogen-bond donors (Lipinski definition) is 4. The zero-order valence-corrected chi connectivity index (χ0v) is 25.7. The van der Waals surface area contributed by atoms with E-state index in [4.69, 9.17) is 9.52 Å². The first kappa shape index (κ1) is 32.6. The molecule has 0 radical (unpaired) electrons. The number of anilines is 1. The Morgan fingerprint density at radius 2 is 1.61 bits per heavy atom. The van der Waals surface area contributed by atoms with Crippen LogP contribution in [0, 0.1) is 0 Å². The fourth-order valence-corrected chi connectivity index (χ4v) is 6.63. The van der Waals surface area contributed by atoms with Gasteiger partial charge in [0.05, 0.1) is 11.0 Å². The molecule has 0 atom stereocenters. The molecular weight excluding hydrogens is 614 g/mol. The number of nitrogens with zero attached hydrogens (tertiary/aromatic N) is 2. The van der Waals surface area contributed by atoms with Gasteiger partial charge in [0.1, 0.15) is 0 Å². The van der Waals surface area contributed by atoms with E-state index >= 15 is 0 Å². The molecule has 1 aliphatic carbocycles. The SMILES string of the molecule is CCN=c1ccc2c(-c3ccccc3C(=O)N(C)CCCC(=O)O)c3ccc(NCC)c(S(=O)(=O)O)c3oc-2c1S(=O)(=O)O. The van der Waals surface area contributed by atoms with Gasteiger partial charge in [-0.2, -0.15) is 16.8 Å². The normalized spacial score (nSPS) is 12.5. The summed E-state index contributed by atoms with van der Waals surface area (Å²) in [6, 6.07) is 12.1. The maximum Gasteiger partial charge on any atom is 0.303 e. The van der Waals surface area contributed by atoms with Gasteiger partial charge in [0.25, 0.3) is 26.1 Å². The third kappa shape index (κ3) is 6.45. The van der Waals surface area contributed by atoms with Crippen molar-refractivity contribution in [2.75, 3.05) is 32.0 Å². The zero-order chi connectivity index (χ0) is 32.4.